The minimum absolute atomic E-state index is 0.134. The van der Waals surface area contributed by atoms with Crippen LogP contribution in [0.4, 0.5) is 0 Å². The molecule has 0 bridgehead atoms. The van der Waals surface area contributed by atoms with Crippen molar-refractivity contribution in [2.45, 2.75) is 13.0 Å². The average Bonchev–Trinajstić information content (AvgIpc) is 2.48. The van der Waals surface area contributed by atoms with Crippen LogP contribution in [-0.4, -0.2) is 17.0 Å². The Bertz CT molecular complexity index is 653. The van der Waals surface area contributed by atoms with Gasteiger partial charge in [0.15, 0.2) is 0 Å². The van der Waals surface area contributed by atoms with Gasteiger partial charge in [-0.25, -0.2) is 4.79 Å². The van der Waals surface area contributed by atoms with E-state index in [0.717, 1.165) is 11.1 Å². The third-order valence-corrected chi connectivity index (χ3v) is 3.37. The maximum absolute atomic E-state index is 11.8. The molecule has 0 radical (unpaired) electrons. The van der Waals surface area contributed by atoms with E-state index >= 15 is 0 Å². The van der Waals surface area contributed by atoms with Crippen molar-refractivity contribution in [1.82, 2.24) is 5.32 Å². The van der Waals surface area contributed by atoms with Crippen LogP contribution in [-0.2, 0) is 17.8 Å². The monoisotopic (exact) mass is 303 g/mol. The molecule has 2 rings (SSSR count). The lowest BCUT2D eigenvalue weighted by molar-refractivity contribution is -0.120. The second kappa shape index (κ2) is 6.90. The Morgan fingerprint density at radius 2 is 1.71 bits per heavy atom. The summed E-state index contributed by atoms with van der Waals surface area (Å²) >= 11 is 6.00. The summed E-state index contributed by atoms with van der Waals surface area (Å²) < 4.78 is 0. The molecule has 4 nitrogen and oxygen atoms in total. The van der Waals surface area contributed by atoms with Crippen molar-refractivity contribution in [2.24, 2.45) is 0 Å². The highest BCUT2D eigenvalue weighted by atomic mass is 35.5. The molecule has 0 unspecified atom stereocenters. The molecule has 0 aromatic heterocycles. The number of benzene rings is 2. The van der Waals surface area contributed by atoms with Gasteiger partial charge in [-0.05, 0) is 29.3 Å². The fraction of sp³-hybridized carbons (Fsp3) is 0.125. The summed E-state index contributed by atoms with van der Waals surface area (Å²) in [5.41, 5.74) is 1.84. The predicted molar refractivity (Wildman–Crippen MR) is 80.4 cm³/mol. The Labute approximate surface area is 127 Å². The molecule has 0 saturated heterocycles. The number of aromatic carboxylic acids is 1. The molecule has 2 aromatic rings. The van der Waals surface area contributed by atoms with Gasteiger partial charge < -0.3 is 10.4 Å². The van der Waals surface area contributed by atoms with Gasteiger partial charge in [-0.15, -0.1) is 0 Å². The highest BCUT2D eigenvalue weighted by Crippen LogP contribution is 2.15. The van der Waals surface area contributed by atoms with E-state index < -0.39 is 5.97 Å². The van der Waals surface area contributed by atoms with Crippen LogP contribution in [0.25, 0.3) is 0 Å². The molecule has 5 heteroatoms. The molecule has 0 aliphatic carbocycles. The van der Waals surface area contributed by atoms with Gasteiger partial charge in [0.2, 0.25) is 5.91 Å². The number of carboxylic acid groups (broad SMARTS) is 1. The molecule has 0 fully saturated rings. The van der Waals surface area contributed by atoms with E-state index in [9.17, 15) is 9.59 Å². The average molecular weight is 304 g/mol. The van der Waals surface area contributed by atoms with E-state index in [-0.39, 0.29) is 17.9 Å². The Morgan fingerprint density at radius 1 is 1.05 bits per heavy atom. The zero-order valence-corrected chi connectivity index (χ0v) is 11.9. The van der Waals surface area contributed by atoms with E-state index in [4.69, 9.17) is 16.7 Å². The first-order valence-electron chi connectivity index (χ1n) is 6.38. The van der Waals surface area contributed by atoms with Crippen LogP contribution >= 0.6 is 11.6 Å². The van der Waals surface area contributed by atoms with Crippen molar-refractivity contribution in [3.63, 3.8) is 0 Å². The normalized spacial score (nSPS) is 10.1. The third kappa shape index (κ3) is 4.33. The fourth-order valence-electron chi connectivity index (χ4n) is 1.84. The van der Waals surface area contributed by atoms with Crippen molar-refractivity contribution >= 4 is 23.5 Å². The first-order valence-corrected chi connectivity index (χ1v) is 6.76. The largest absolute Gasteiger partial charge is 0.478 e. The number of hydrogen-bond donors (Lipinski definition) is 2. The molecule has 0 spiro atoms. The van der Waals surface area contributed by atoms with Crippen LogP contribution in [0.1, 0.15) is 21.5 Å². The summed E-state index contributed by atoms with van der Waals surface area (Å²) in [6.07, 6.45) is 0.215. The molecular weight excluding hydrogens is 290 g/mol. The topological polar surface area (TPSA) is 66.4 Å². The molecule has 1 amide bonds. The fourth-order valence-corrected chi connectivity index (χ4v) is 2.05. The quantitative estimate of drug-likeness (QED) is 0.892. The minimum Gasteiger partial charge on any atom is -0.478 e. The molecule has 108 valence electrons. The van der Waals surface area contributed by atoms with Gasteiger partial charge in [0, 0.05) is 11.6 Å². The van der Waals surface area contributed by atoms with Gasteiger partial charge in [-0.2, -0.15) is 0 Å². The van der Waals surface area contributed by atoms with Gasteiger partial charge in [-0.1, -0.05) is 41.9 Å². The van der Waals surface area contributed by atoms with Crippen LogP contribution < -0.4 is 5.32 Å². The summed E-state index contributed by atoms with van der Waals surface area (Å²) in [7, 11) is 0. The van der Waals surface area contributed by atoms with Crippen molar-refractivity contribution < 1.29 is 14.7 Å². The number of amides is 1. The van der Waals surface area contributed by atoms with Crippen molar-refractivity contribution in [1.29, 1.82) is 0 Å². The van der Waals surface area contributed by atoms with Crippen LogP contribution in [0.2, 0.25) is 5.02 Å². The summed E-state index contributed by atoms with van der Waals surface area (Å²) in [6, 6.07) is 13.6. The van der Waals surface area contributed by atoms with E-state index in [2.05, 4.69) is 5.32 Å². The van der Waals surface area contributed by atoms with Gasteiger partial charge >= 0.3 is 5.97 Å². The number of carbonyl (C=O) groups is 2. The number of nitrogens with one attached hydrogen (secondary N) is 1. The molecule has 21 heavy (non-hydrogen) atoms. The highest BCUT2D eigenvalue weighted by Gasteiger charge is 2.07. The second-order valence-corrected chi connectivity index (χ2v) is 4.95. The number of rotatable bonds is 5. The van der Waals surface area contributed by atoms with Crippen LogP contribution in [0.5, 0.6) is 0 Å². The SMILES string of the molecule is O=C(Cc1ccccc1Cl)NCc1ccc(C(=O)O)cc1. The predicted octanol–water partition coefficient (Wildman–Crippen LogP) is 2.90. The van der Waals surface area contributed by atoms with Crippen LogP contribution in [0.15, 0.2) is 48.5 Å². The molecule has 2 aromatic carbocycles. The Balaban J connectivity index is 1.89. The standard InChI is InChI=1S/C16H14ClNO3/c17-14-4-2-1-3-13(14)9-15(19)18-10-11-5-7-12(8-6-11)16(20)21/h1-8H,9-10H2,(H,18,19)(H,20,21). The zero-order valence-electron chi connectivity index (χ0n) is 11.2. The molecular formula is C16H14ClNO3. The zero-order chi connectivity index (χ0) is 15.2. The van der Waals surface area contributed by atoms with E-state index in [1.54, 1.807) is 18.2 Å². The number of hydrogen-bond acceptors (Lipinski definition) is 2. The van der Waals surface area contributed by atoms with E-state index in [1.165, 1.54) is 12.1 Å². The van der Waals surface area contributed by atoms with E-state index in [1.807, 2.05) is 18.2 Å². The van der Waals surface area contributed by atoms with Gasteiger partial charge in [0.05, 0.1) is 12.0 Å². The van der Waals surface area contributed by atoms with Crippen molar-refractivity contribution in [3.05, 3.63) is 70.2 Å². The Hall–Kier alpha value is -2.33. The molecule has 0 atom stereocenters. The molecule has 0 saturated carbocycles. The van der Waals surface area contributed by atoms with Crippen LogP contribution in [0.3, 0.4) is 0 Å². The van der Waals surface area contributed by atoms with Crippen molar-refractivity contribution in [2.75, 3.05) is 0 Å². The number of halogens is 1. The molecule has 0 aliphatic rings. The van der Waals surface area contributed by atoms with Gasteiger partial charge in [-0.3, -0.25) is 4.79 Å². The highest BCUT2D eigenvalue weighted by molar-refractivity contribution is 6.31. The minimum atomic E-state index is -0.968. The summed E-state index contributed by atoms with van der Waals surface area (Å²) in [6.45, 7) is 0.350. The maximum Gasteiger partial charge on any atom is 0.335 e. The van der Waals surface area contributed by atoms with Crippen molar-refractivity contribution in [3.8, 4) is 0 Å². The lowest BCUT2D eigenvalue weighted by Crippen LogP contribution is -2.24. The van der Waals surface area contributed by atoms with Gasteiger partial charge in [0.25, 0.3) is 0 Å². The summed E-state index contributed by atoms with van der Waals surface area (Å²) in [4.78, 5) is 22.6. The number of carbonyl (C=O) groups excluding carboxylic acids is 1. The first-order chi connectivity index (χ1) is 10.1. The Kier molecular flexibility index (Phi) is 4.95. The molecule has 2 N–H and O–H groups in total. The maximum atomic E-state index is 11.8. The lowest BCUT2D eigenvalue weighted by atomic mass is 10.1. The first kappa shape index (κ1) is 15.1. The second-order valence-electron chi connectivity index (χ2n) is 4.55. The summed E-state index contributed by atoms with van der Waals surface area (Å²) in [5, 5.41) is 12.1. The van der Waals surface area contributed by atoms with Crippen LogP contribution in [0, 0.1) is 0 Å². The van der Waals surface area contributed by atoms with Gasteiger partial charge in [0.1, 0.15) is 0 Å². The lowest BCUT2D eigenvalue weighted by Gasteiger charge is -2.07. The number of carboxylic acids is 1. The van der Waals surface area contributed by atoms with E-state index in [0.29, 0.717) is 11.6 Å². The molecule has 0 aliphatic heterocycles. The molecule has 0 heterocycles. The third-order valence-electron chi connectivity index (χ3n) is 3.00. The smallest absolute Gasteiger partial charge is 0.335 e. The Morgan fingerprint density at radius 3 is 2.33 bits per heavy atom. The summed E-state index contributed by atoms with van der Waals surface area (Å²) in [5.74, 6) is -1.10.